The number of anilines is 2. The highest BCUT2D eigenvalue weighted by Gasteiger charge is 2.23. The van der Waals surface area contributed by atoms with Crippen molar-refractivity contribution in [3.63, 3.8) is 0 Å². The number of thiazole rings is 1. The van der Waals surface area contributed by atoms with Gasteiger partial charge in [-0.15, -0.1) is 11.3 Å². The van der Waals surface area contributed by atoms with Gasteiger partial charge in [0.25, 0.3) is 5.91 Å². The van der Waals surface area contributed by atoms with Crippen molar-refractivity contribution in [2.45, 2.75) is 46.0 Å². The standard InChI is InChI=1S/C21H28N4O2S/c1-3-4-5-18-23-14(2)19(28-18)21(27)24-16-6-8-17(9-7-16)25-12-10-15(11-13-25)20(22)26/h6-9,15H,3-5,10-13H2,1-2H3,(H2,22,26)(H,24,27). The predicted octanol–water partition coefficient (Wildman–Crippen LogP) is 3.75. The van der Waals surface area contributed by atoms with Gasteiger partial charge < -0.3 is 16.0 Å². The van der Waals surface area contributed by atoms with Crippen LogP contribution in [0.5, 0.6) is 0 Å². The van der Waals surface area contributed by atoms with Crippen molar-refractivity contribution < 1.29 is 9.59 Å². The molecule has 0 spiro atoms. The van der Waals surface area contributed by atoms with Gasteiger partial charge >= 0.3 is 0 Å². The molecule has 1 fully saturated rings. The lowest BCUT2D eigenvalue weighted by Crippen LogP contribution is -2.38. The van der Waals surface area contributed by atoms with Crippen LogP contribution in [0.4, 0.5) is 11.4 Å². The Morgan fingerprint density at radius 1 is 1.25 bits per heavy atom. The summed E-state index contributed by atoms with van der Waals surface area (Å²) >= 11 is 1.49. The van der Waals surface area contributed by atoms with Crippen LogP contribution in [0.25, 0.3) is 0 Å². The molecule has 3 N–H and O–H groups in total. The second-order valence-electron chi connectivity index (χ2n) is 7.29. The fraction of sp³-hybridized carbons (Fsp3) is 0.476. The van der Waals surface area contributed by atoms with Crippen molar-refractivity contribution in [3.8, 4) is 0 Å². The number of aromatic nitrogens is 1. The second kappa shape index (κ2) is 9.19. The van der Waals surface area contributed by atoms with Gasteiger partial charge in [0.1, 0.15) is 4.88 Å². The average molecular weight is 401 g/mol. The van der Waals surface area contributed by atoms with Gasteiger partial charge in [-0.25, -0.2) is 4.98 Å². The summed E-state index contributed by atoms with van der Waals surface area (Å²) in [6.45, 7) is 5.68. The van der Waals surface area contributed by atoms with Crippen molar-refractivity contribution >= 4 is 34.5 Å². The minimum absolute atomic E-state index is 0.0142. The lowest BCUT2D eigenvalue weighted by molar-refractivity contribution is -0.122. The van der Waals surface area contributed by atoms with Crippen LogP contribution in [0, 0.1) is 12.8 Å². The van der Waals surface area contributed by atoms with E-state index in [1.165, 1.54) is 11.3 Å². The molecule has 0 aliphatic carbocycles. The summed E-state index contributed by atoms with van der Waals surface area (Å²) in [5.41, 5.74) is 8.06. The van der Waals surface area contributed by atoms with Crippen LogP contribution in [-0.4, -0.2) is 29.9 Å². The summed E-state index contributed by atoms with van der Waals surface area (Å²) in [5.74, 6) is -0.318. The second-order valence-corrected chi connectivity index (χ2v) is 8.37. The monoisotopic (exact) mass is 400 g/mol. The first-order chi connectivity index (χ1) is 13.5. The predicted molar refractivity (Wildman–Crippen MR) is 114 cm³/mol. The molecule has 0 bridgehead atoms. The number of nitrogens with two attached hydrogens (primary N) is 1. The molecule has 0 radical (unpaired) electrons. The average Bonchev–Trinajstić information content (AvgIpc) is 3.07. The van der Waals surface area contributed by atoms with Crippen LogP contribution >= 0.6 is 11.3 Å². The molecule has 1 saturated heterocycles. The Bertz CT molecular complexity index is 823. The molecule has 6 nitrogen and oxygen atoms in total. The number of nitrogens with zero attached hydrogens (tertiary/aromatic N) is 2. The zero-order chi connectivity index (χ0) is 20.1. The smallest absolute Gasteiger partial charge is 0.267 e. The minimum Gasteiger partial charge on any atom is -0.371 e. The molecule has 1 aliphatic rings. The number of unbranched alkanes of at least 4 members (excludes halogenated alkanes) is 1. The zero-order valence-electron chi connectivity index (χ0n) is 16.5. The largest absolute Gasteiger partial charge is 0.371 e. The third-order valence-corrected chi connectivity index (χ3v) is 6.39. The Hall–Kier alpha value is -2.41. The quantitative estimate of drug-likeness (QED) is 0.741. The normalized spacial score (nSPS) is 14.9. The third kappa shape index (κ3) is 4.90. The molecular weight excluding hydrogens is 372 g/mol. The van der Waals surface area contributed by atoms with E-state index in [-0.39, 0.29) is 17.7 Å². The van der Waals surface area contributed by atoms with E-state index in [2.05, 4.69) is 22.1 Å². The number of primary amides is 1. The lowest BCUT2D eigenvalue weighted by Gasteiger charge is -2.32. The molecule has 0 atom stereocenters. The molecule has 2 amide bonds. The van der Waals surface area contributed by atoms with Gasteiger partial charge in [-0.3, -0.25) is 9.59 Å². The Balaban J connectivity index is 1.59. The Labute approximate surface area is 170 Å². The van der Waals surface area contributed by atoms with Gasteiger partial charge in [0.05, 0.1) is 10.7 Å². The number of amides is 2. The van der Waals surface area contributed by atoms with Crippen LogP contribution in [0.2, 0.25) is 0 Å². The number of nitrogens with one attached hydrogen (secondary N) is 1. The molecule has 2 heterocycles. The highest BCUT2D eigenvalue weighted by Crippen LogP contribution is 2.25. The molecule has 2 aromatic rings. The van der Waals surface area contributed by atoms with Crippen molar-refractivity contribution in [1.82, 2.24) is 4.98 Å². The van der Waals surface area contributed by atoms with Crippen molar-refractivity contribution in [2.24, 2.45) is 11.7 Å². The maximum Gasteiger partial charge on any atom is 0.267 e. The van der Waals surface area contributed by atoms with Gasteiger partial charge in [-0.2, -0.15) is 0 Å². The molecule has 0 unspecified atom stereocenters. The number of hydrogen-bond donors (Lipinski definition) is 2. The van der Waals surface area contributed by atoms with Crippen LogP contribution in [0.3, 0.4) is 0 Å². The van der Waals surface area contributed by atoms with E-state index in [0.717, 1.165) is 67.3 Å². The first kappa shape index (κ1) is 20.3. The third-order valence-electron chi connectivity index (χ3n) is 5.18. The number of rotatable bonds is 7. The molecular formula is C21H28N4O2S. The van der Waals surface area contributed by atoms with Gasteiger partial charge in [0, 0.05) is 30.4 Å². The van der Waals surface area contributed by atoms with E-state index in [4.69, 9.17) is 5.73 Å². The van der Waals surface area contributed by atoms with Crippen LogP contribution in [-0.2, 0) is 11.2 Å². The van der Waals surface area contributed by atoms with E-state index in [1.54, 1.807) is 0 Å². The van der Waals surface area contributed by atoms with Crippen LogP contribution < -0.4 is 16.0 Å². The van der Waals surface area contributed by atoms with Crippen LogP contribution in [0.15, 0.2) is 24.3 Å². The van der Waals surface area contributed by atoms with Gasteiger partial charge in [0.2, 0.25) is 5.91 Å². The van der Waals surface area contributed by atoms with E-state index in [0.29, 0.717) is 4.88 Å². The van der Waals surface area contributed by atoms with E-state index < -0.39 is 0 Å². The number of benzene rings is 1. The van der Waals surface area contributed by atoms with E-state index >= 15 is 0 Å². The number of carbonyl (C=O) groups is 2. The first-order valence-corrected chi connectivity index (χ1v) is 10.7. The van der Waals surface area contributed by atoms with Gasteiger partial charge in [-0.1, -0.05) is 13.3 Å². The maximum absolute atomic E-state index is 12.6. The molecule has 28 heavy (non-hydrogen) atoms. The number of hydrogen-bond acceptors (Lipinski definition) is 5. The molecule has 0 saturated carbocycles. The lowest BCUT2D eigenvalue weighted by atomic mass is 9.96. The first-order valence-electron chi connectivity index (χ1n) is 9.90. The van der Waals surface area contributed by atoms with Crippen molar-refractivity contribution in [2.75, 3.05) is 23.3 Å². The SMILES string of the molecule is CCCCc1nc(C)c(C(=O)Nc2ccc(N3CCC(C(N)=O)CC3)cc2)s1. The summed E-state index contributed by atoms with van der Waals surface area (Å²) in [7, 11) is 0. The Kier molecular flexibility index (Phi) is 6.67. The summed E-state index contributed by atoms with van der Waals surface area (Å²) in [4.78, 5) is 31.4. The van der Waals surface area contributed by atoms with Crippen LogP contribution in [0.1, 0.15) is 53.0 Å². The van der Waals surface area contributed by atoms with Gasteiger partial charge in [-0.05, 0) is 56.9 Å². The van der Waals surface area contributed by atoms with E-state index in [1.807, 2.05) is 31.2 Å². The summed E-state index contributed by atoms with van der Waals surface area (Å²) in [5, 5.41) is 4.00. The topological polar surface area (TPSA) is 88.3 Å². The number of carbonyl (C=O) groups excluding carboxylic acids is 2. The summed E-state index contributed by atoms with van der Waals surface area (Å²) in [6, 6.07) is 7.85. The maximum atomic E-state index is 12.6. The molecule has 1 aromatic carbocycles. The fourth-order valence-electron chi connectivity index (χ4n) is 3.46. The molecule has 150 valence electrons. The fourth-order valence-corrected chi connectivity index (χ4v) is 4.47. The number of aryl methyl sites for hydroxylation is 2. The van der Waals surface area contributed by atoms with Gasteiger partial charge in [0.15, 0.2) is 0 Å². The number of piperidine rings is 1. The molecule has 3 rings (SSSR count). The molecule has 7 heteroatoms. The zero-order valence-corrected chi connectivity index (χ0v) is 17.3. The molecule has 1 aromatic heterocycles. The highest BCUT2D eigenvalue weighted by atomic mass is 32.1. The molecule has 1 aliphatic heterocycles. The highest BCUT2D eigenvalue weighted by molar-refractivity contribution is 7.13. The summed E-state index contributed by atoms with van der Waals surface area (Å²) in [6.07, 6.45) is 4.72. The summed E-state index contributed by atoms with van der Waals surface area (Å²) < 4.78 is 0. The Morgan fingerprint density at radius 2 is 1.93 bits per heavy atom. The van der Waals surface area contributed by atoms with Crippen molar-refractivity contribution in [1.29, 1.82) is 0 Å². The Morgan fingerprint density at radius 3 is 2.54 bits per heavy atom. The minimum atomic E-state index is -0.200. The van der Waals surface area contributed by atoms with E-state index in [9.17, 15) is 9.59 Å². The van der Waals surface area contributed by atoms with Crippen molar-refractivity contribution in [3.05, 3.63) is 39.8 Å².